The number of carboxylic acid groups (broad SMARTS) is 1. The molecule has 4 nitrogen and oxygen atoms in total. The van der Waals surface area contributed by atoms with Crippen LogP contribution in [0.15, 0.2) is 30.3 Å². The minimum Gasteiger partial charge on any atom is -0.481 e. The van der Waals surface area contributed by atoms with Crippen molar-refractivity contribution in [2.75, 3.05) is 0 Å². The second-order valence-electron chi connectivity index (χ2n) is 5.52. The van der Waals surface area contributed by atoms with Gasteiger partial charge in [0.05, 0.1) is 0 Å². The largest absolute Gasteiger partial charge is 0.481 e. The van der Waals surface area contributed by atoms with Gasteiger partial charge in [-0.05, 0) is 26.2 Å². The van der Waals surface area contributed by atoms with Crippen molar-refractivity contribution in [2.24, 2.45) is 5.92 Å². The van der Waals surface area contributed by atoms with Crippen molar-refractivity contribution in [3.8, 4) is 0 Å². The average molecular weight is 280 g/mol. The molecule has 0 spiro atoms. The van der Waals surface area contributed by atoms with Crippen LogP contribution in [0.4, 0.5) is 0 Å². The normalized spacial score (nSPS) is 13.1. The van der Waals surface area contributed by atoms with Crippen LogP contribution in [0.25, 0.3) is 0 Å². The Labute approximate surface area is 120 Å². The predicted molar refractivity (Wildman–Crippen MR) is 78.5 cm³/mol. The third-order valence-electron chi connectivity index (χ3n) is 2.66. The summed E-state index contributed by atoms with van der Waals surface area (Å²) in [6.07, 6.45) is -0.321. The van der Waals surface area contributed by atoms with Crippen LogP contribution < -0.4 is 0 Å². The smallest absolute Gasteiger partial charge is 0.310 e. The summed E-state index contributed by atoms with van der Waals surface area (Å²) < 4.78 is 0. The molecule has 0 saturated carbocycles. The van der Waals surface area contributed by atoms with Gasteiger partial charge in [0.25, 0.3) is 0 Å². The number of aryl methyl sites for hydroxylation is 1. The summed E-state index contributed by atoms with van der Waals surface area (Å²) in [5.74, 6) is -1.67. The quantitative estimate of drug-likeness (QED) is 0.813. The maximum absolute atomic E-state index is 11.2. The van der Waals surface area contributed by atoms with Crippen LogP contribution in [0.5, 0.6) is 0 Å². The first-order chi connectivity index (χ1) is 9.15. The number of ketones is 1. The van der Waals surface area contributed by atoms with Crippen LogP contribution in [-0.4, -0.2) is 27.6 Å². The highest BCUT2D eigenvalue weighted by molar-refractivity contribution is 5.99. The lowest BCUT2D eigenvalue weighted by molar-refractivity contribution is -0.147. The van der Waals surface area contributed by atoms with E-state index < -0.39 is 23.8 Å². The number of benzene rings is 1. The first-order valence-electron chi connectivity index (χ1n) is 6.64. The SMILES string of the molecule is CC(C)CC(C)(O)C(=O)CC(=O)O.Cc1ccccc1. The molecule has 0 aliphatic rings. The number of hydrogen-bond acceptors (Lipinski definition) is 3. The first kappa shape index (κ1) is 18.3. The van der Waals surface area contributed by atoms with Gasteiger partial charge in [0.1, 0.15) is 12.0 Å². The van der Waals surface area contributed by atoms with Gasteiger partial charge >= 0.3 is 5.97 Å². The van der Waals surface area contributed by atoms with E-state index in [0.29, 0.717) is 6.42 Å². The molecule has 1 atom stereocenters. The number of rotatable bonds is 5. The molecular weight excluding hydrogens is 256 g/mol. The minimum atomic E-state index is -1.51. The summed E-state index contributed by atoms with van der Waals surface area (Å²) in [4.78, 5) is 21.4. The molecule has 0 bridgehead atoms. The molecule has 1 unspecified atom stereocenters. The van der Waals surface area contributed by atoms with Gasteiger partial charge in [0.15, 0.2) is 5.78 Å². The van der Waals surface area contributed by atoms with Crippen molar-refractivity contribution in [3.05, 3.63) is 35.9 Å². The van der Waals surface area contributed by atoms with E-state index >= 15 is 0 Å². The molecule has 20 heavy (non-hydrogen) atoms. The average Bonchev–Trinajstić information content (AvgIpc) is 2.28. The summed E-state index contributed by atoms with van der Waals surface area (Å²) in [5.41, 5.74) is -0.186. The molecule has 1 aromatic rings. The Hall–Kier alpha value is -1.68. The highest BCUT2D eigenvalue weighted by atomic mass is 16.4. The molecule has 0 heterocycles. The van der Waals surface area contributed by atoms with Gasteiger partial charge in [-0.3, -0.25) is 9.59 Å². The Morgan fingerprint density at radius 2 is 1.70 bits per heavy atom. The second kappa shape index (κ2) is 8.48. The van der Waals surface area contributed by atoms with E-state index in [1.165, 1.54) is 12.5 Å². The topological polar surface area (TPSA) is 74.6 Å². The molecule has 0 amide bonds. The summed E-state index contributed by atoms with van der Waals surface area (Å²) in [5, 5.41) is 17.9. The monoisotopic (exact) mass is 280 g/mol. The maximum atomic E-state index is 11.2. The summed E-state index contributed by atoms with van der Waals surface area (Å²) in [7, 11) is 0. The van der Waals surface area contributed by atoms with Gasteiger partial charge < -0.3 is 10.2 Å². The fourth-order valence-electron chi connectivity index (χ4n) is 1.77. The number of Topliss-reactive ketones (excluding diaryl/α,β-unsaturated/α-hetero) is 1. The number of hydrogen-bond donors (Lipinski definition) is 2. The maximum Gasteiger partial charge on any atom is 0.310 e. The molecule has 0 aliphatic carbocycles. The fourth-order valence-corrected chi connectivity index (χ4v) is 1.77. The fraction of sp³-hybridized carbons (Fsp3) is 0.500. The number of carboxylic acids is 1. The number of aliphatic hydroxyl groups is 1. The molecule has 1 rings (SSSR count). The van der Waals surface area contributed by atoms with E-state index in [0.717, 1.165) is 0 Å². The highest BCUT2D eigenvalue weighted by Gasteiger charge is 2.31. The van der Waals surface area contributed by atoms with E-state index in [9.17, 15) is 14.7 Å². The zero-order valence-corrected chi connectivity index (χ0v) is 12.6. The van der Waals surface area contributed by atoms with E-state index in [1.807, 2.05) is 32.0 Å². The third kappa shape index (κ3) is 8.43. The predicted octanol–water partition coefficient (Wildman–Crippen LogP) is 2.82. The van der Waals surface area contributed by atoms with Crippen molar-refractivity contribution in [3.63, 3.8) is 0 Å². The molecular formula is C16H24O4. The van der Waals surface area contributed by atoms with Crippen molar-refractivity contribution >= 4 is 11.8 Å². The molecule has 0 aliphatic heterocycles. The van der Waals surface area contributed by atoms with Crippen molar-refractivity contribution in [1.29, 1.82) is 0 Å². The molecule has 0 aromatic heterocycles. The summed E-state index contributed by atoms with van der Waals surface area (Å²) in [6, 6.07) is 10.3. The van der Waals surface area contributed by atoms with Crippen molar-refractivity contribution < 1.29 is 19.8 Å². The van der Waals surface area contributed by atoms with Crippen molar-refractivity contribution in [1.82, 2.24) is 0 Å². The summed E-state index contributed by atoms with van der Waals surface area (Å²) in [6.45, 7) is 7.17. The van der Waals surface area contributed by atoms with E-state index in [-0.39, 0.29) is 5.92 Å². The Bertz CT molecular complexity index is 421. The molecule has 0 radical (unpaired) electrons. The lowest BCUT2D eigenvalue weighted by atomic mass is 9.89. The Kier molecular flexibility index (Phi) is 7.77. The van der Waals surface area contributed by atoms with E-state index in [1.54, 1.807) is 0 Å². The first-order valence-corrected chi connectivity index (χ1v) is 6.64. The van der Waals surface area contributed by atoms with Crippen LogP contribution in [-0.2, 0) is 9.59 Å². The molecule has 0 saturated heterocycles. The lowest BCUT2D eigenvalue weighted by Gasteiger charge is -2.22. The highest BCUT2D eigenvalue weighted by Crippen LogP contribution is 2.18. The Morgan fingerprint density at radius 1 is 1.20 bits per heavy atom. The number of aliphatic carboxylic acids is 1. The minimum absolute atomic E-state index is 0.160. The van der Waals surface area contributed by atoms with Crippen LogP contribution >= 0.6 is 0 Å². The third-order valence-corrected chi connectivity index (χ3v) is 2.66. The Balaban J connectivity index is 0.000000428. The Morgan fingerprint density at radius 3 is 2.00 bits per heavy atom. The lowest BCUT2D eigenvalue weighted by Crippen LogP contribution is -2.37. The number of carbonyl (C=O) groups excluding carboxylic acids is 1. The second-order valence-corrected chi connectivity index (χ2v) is 5.52. The molecule has 2 N–H and O–H groups in total. The number of carbonyl (C=O) groups is 2. The standard InChI is InChI=1S/C9H16O4.C7H8/c1-6(2)5-9(3,13)7(10)4-8(11)12;1-7-5-3-2-4-6-7/h6,13H,4-5H2,1-3H3,(H,11,12);2-6H,1H3. The van der Waals surface area contributed by atoms with Crippen molar-refractivity contribution in [2.45, 2.75) is 46.1 Å². The van der Waals surface area contributed by atoms with Gasteiger partial charge in [-0.15, -0.1) is 0 Å². The van der Waals surface area contributed by atoms with Crippen LogP contribution in [0.3, 0.4) is 0 Å². The zero-order valence-electron chi connectivity index (χ0n) is 12.6. The van der Waals surface area contributed by atoms with Gasteiger partial charge in [0.2, 0.25) is 0 Å². The van der Waals surface area contributed by atoms with Gasteiger partial charge in [-0.25, -0.2) is 0 Å². The van der Waals surface area contributed by atoms with Gasteiger partial charge in [0, 0.05) is 0 Å². The van der Waals surface area contributed by atoms with Gasteiger partial charge in [-0.2, -0.15) is 0 Å². The zero-order chi connectivity index (χ0) is 15.8. The summed E-state index contributed by atoms with van der Waals surface area (Å²) >= 11 is 0. The van der Waals surface area contributed by atoms with Crippen LogP contribution in [0.1, 0.15) is 39.2 Å². The van der Waals surface area contributed by atoms with Gasteiger partial charge in [-0.1, -0.05) is 49.7 Å². The molecule has 1 aromatic carbocycles. The van der Waals surface area contributed by atoms with Crippen LogP contribution in [0, 0.1) is 12.8 Å². The van der Waals surface area contributed by atoms with E-state index in [2.05, 4.69) is 19.1 Å². The molecule has 0 fully saturated rings. The molecule has 112 valence electrons. The van der Waals surface area contributed by atoms with E-state index in [4.69, 9.17) is 5.11 Å². The van der Waals surface area contributed by atoms with Crippen LogP contribution in [0.2, 0.25) is 0 Å². The molecule has 4 heteroatoms.